The molecule has 0 bridgehead atoms. The van der Waals surface area contributed by atoms with Gasteiger partial charge in [0.2, 0.25) is 0 Å². The minimum atomic E-state index is 0.800. The van der Waals surface area contributed by atoms with Crippen molar-refractivity contribution >= 4 is 21.8 Å². The lowest BCUT2D eigenvalue weighted by molar-refractivity contribution is 0.304. The Kier molecular flexibility index (Phi) is 6.67. The van der Waals surface area contributed by atoms with Crippen molar-refractivity contribution in [2.75, 3.05) is 6.61 Å². The summed E-state index contributed by atoms with van der Waals surface area (Å²) >= 11 is 0. The van der Waals surface area contributed by atoms with E-state index in [1.54, 1.807) is 0 Å². The van der Waals surface area contributed by atoms with Crippen LogP contribution in [0.25, 0.3) is 21.8 Å². The van der Waals surface area contributed by atoms with E-state index in [-0.39, 0.29) is 0 Å². The standard InChI is InChI=1S/C23H29NO/c1-2-3-4-5-6-7-8-11-16-25-21-15-14-20-17-19-12-9-10-13-22(19)24-23(20)18-21/h9-10,12-15,17-18H,2-8,11,16H2,1H3. The summed E-state index contributed by atoms with van der Waals surface area (Å²) in [5, 5.41) is 2.35. The molecule has 0 aliphatic carbocycles. The third-order valence-corrected chi connectivity index (χ3v) is 4.76. The molecule has 0 aliphatic rings. The van der Waals surface area contributed by atoms with Crippen molar-refractivity contribution < 1.29 is 4.74 Å². The van der Waals surface area contributed by atoms with Gasteiger partial charge in [0.25, 0.3) is 0 Å². The second kappa shape index (κ2) is 9.41. The normalized spacial score (nSPS) is 11.2. The maximum absolute atomic E-state index is 5.93. The number of rotatable bonds is 10. The highest BCUT2D eigenvalue weighted by molar-refractivity contribution is 5.93. The van der Waals surface area contributed by atoms with E-state index in [4.69, 9.17) is 9.72 Å². The van der Waals surface area contributed by atoms with Crippen molar-refractivity contribution in [1.29, 1.82) is 0 Å². The van der Waals surface area contributed by atoms with Crippen LogP contribution in [-0.4, -0.2) is 11.6 Å². The molecule has 1 heterocycles. The molecule has 1 aromatic heterocycles. The van der Waals surface area contributed by atoms with E-state index < -0.39 is 0 Å². The number of fused-ring (bicyclic) bond motifs is 2. The lowest BCUT2D eigenvalue weighted by atomic mass is 10.1. The summed E-state index contributed by atoms with van der Waals surface area (Å²) in [6.07, 6.45) is 10.6. The number of pyridine rings is 1. The third-order valence-electron chi connectivity index (χ3n) is 4.76. The maximum atomic E-state index is 5.93. The van der Waals surface area contributed by atoms with Gasteiger partial charge in [-0.15, -0.1) is 0 Å². The van der Waals surface area contributed by atoms with Crippen LogP contribution in [0.2, 0.25) is 0 Å². The molecule has 0 saturated heterocycles. The summed E-state index contributed by atoms with van der Waals surface area (Å²) in [5.74, 6) is 0.929. The van der Waals surface area contributed by atoms with Crippen LogP contribution in [-0.2, 0) is 0 Å². The lowest BCUT2D eigenvalue weighted by Gasteiger charge is -2.08. The number of aromatic nitrogens is 1. The molecule has 2 aromatic carbocycles. The zero-order valence-corrected chi connectivity index (χ0v) is 15.3. The van der Waals surface area contributed by atoms with Crippen molar-refractivity contribution in [2.24, 2.45) is 0 Å². The monoisotopic (exact) mass is 335 g/mol. The van der Waals surface area contributed by atoms with E-state index in [0.717, 1.165) is 35.2 Å². The zero-order chi connectivity index (χ0) is 17.3. The maximum Gasteiger partial charge on any atom is 0.121 e. The average Bonchev–Trinajstić information content (AvgIpc) is 2.65. The van der Waals surface area contributed by atoms with Gasteiger partial charge < -0.3 is 4.74 Å². The van der Waals surface area contributed by atoms with Crippen molar-refractivity contribution in [2.45, 2.75) is 58.3 Å². The van der Waals surface area contributed by atoms with E-state index >= 15 is 0 Å². The number of unbranched alkanes of at least 4 members (excludes halogenated alkanes) is 7. The fourth-order valence-electron chi connectivity index (χ4n) is 3.27. The van der Waals surface area contributed by atoms with Crippen molar-refractivity contribution in [3.8, 4) is 5.75 Å². The molecule has 2 heteroatoms. The topological polar surface area (TPSA) is 22.1 Å². The van der Waals surface area contributed by atoms with Gasteiger partial charge in [0, 0.05) is 16.8 Å². The Morgan fingerprint density at radius 2 is 1.44 bits per heavy atom. The summed E-state index contributed by atoms with van der Waals surface area (Å²) in [6.45, 7) is 3.07. The van der Waals surface area contributed by atoms with Crippen LogP contribution in [0.3, 0.4) is 0 Å². The van der Waals surface area contributed by atoms with Crippen LogP contribution >= 0.6 is 0 Å². The Morgan fingerprint density at radius 3 is 2.28 bits per heavy atom. The molecular formula is C23H29NO. The van der Waals surface area contributed by atoms with E-state index in [1.807, 2.05) is 6.07 Å². The number of nitrogens with zero attached hydrogens (tertiary/aromatic N) is 1. The van der Waals surface area contributed by atoms with Gasteiger partial charge in [0.05, 0.1) is 17.6 Å². The van der Waals surface area contributed by atoms with Gasteiger partial charge in [-0.2, -0.15) is 0 Å². The van der Waals surface area contributed by atoms with Crippen LogP contribution in [0.5, 0.6) is 5.75 Å². The molecule has 0 saturated carbocycles. The summed E-state index contributed by atoms with van der Waals surface area (Å²) in [6, 6.07) is 16.7. The number of ether oxygens (including phenoxy) is 1. The summed E-state index contributed by atoms with van der Waals surface area (Å²) in [7, 11) is 0. The molecule has 0 spiro atoms. The fraction of sp³-hybridized carbons (Fsp3) is 0.435. The van der Waals surface area contributed by atoms with Crippen LogP contribution < -0.4 is 4.74 Å². The van der Waals surface area contributed by atoms with Crippen LogP contribution in [0, 0.1) is 0 Å². The first-order valence-corrected chi connectivity index (χ1v) is 9.79. The van der Waals surface area contributed by atoms with E-state index in [9.17, 15) is 0 Å². The van der Waals surface area contributed by atoms with Crippen molar-refractivity contribution in [1.82, 2.24) is 4.98 Å². The number of benzene rings is 2. The van der Waals surface area contributed by atoms with Gasteiger partial charge in [0.15, 0.2) is 0 Å². The van der Waals surface area contributed by atoms with E-state index in [1.165, 1.54) is 50.3 Å². The third kappa shape index (κ3) is 5.19. The first-order chi connectivity index (χ1) is 12.4. The van der Waals surface area contributed by atoms with Crippen molar-refractivity contribution in [3.05, 3.63) is 48.5 Å². The van der Waals surface area contributed by atoms with Gasteiger partial charge in [-0.25, -0.2) is 4.98 Å². The predicted octanol–water partition coefficient (Wildman–Crippen LogP) is 6.91. The smallest absolute Gasteiger partial charge is 0.121 e. The molecule has 25 heavy (non-hydrogen) atoms. The highest BCUT2D eigenvalue weighted by Gasteiger charge is 2.02. The Labute approximate surface area is 151 Å². The quantitative estimate of drug-likeness (QED) is 0.297. The van der Waals surface area contributed by atoms with Crippen LogP contribution in [0.4, 0.5) is 0 Å². The minimum absolute atomic E-state index is 0.800. The second-order valence-corrected chi connectivity index (χ2v) is 6.86. The SMILES string of the molecule is CCCCCCCCCCOc1ccc2cc3ccccc3nc2c1. The molecule has 0 unspecified atom stereocenters. The molecule has 0 N–H and O–H groups in total. The Bertz CT molecular complexity index is 796. The average molecular weight is 335 g/mol. The molecule has 2 nitrogen and oxygen atoms in total. The molecule has 3 rings (SSSR count). The number of para-hydroxylation sites is 1. The molecule has 0 amide bonds. The molecular weight excluding hydrogens is 306 g/mol. The van der Waals surface area contributed by atoms with Gasteiger partial charge >= 0.3 is 0 Å². The Morgan fingerprint density at radius 1 is 0.720 bits per heavy atom. The van der Waals surface area contributed by atoms with E-state index in [2.05, 4.69) is 49.4 Å². The van der Waals surface area contributed by atoms with Gasteiger partial charge in [-0.05, 0) is 30.7 Å². The molecule has 3 aromatic rings. The molecule has 132 valence electrons. The van der Waals surface area contributed by atoms with Crippen LogP contribution in [0.15, 0.2) is 48.5 Å². The molecule has 0 fully saturated rings. The predicted molar refractivity (Wildman–Crippen MR) is 107 cm³/mol. The lowest BCUT2D eigenvalue weighted by Crippen LogP contribution is -1.97. The summed E-state index contributed by atoms with van der Waals surface area (Å²) in [5.41, 5.74) is 2.04. The number of hydrogen-bond donors (Lipinski definition) is 0. The largest absolute Gasteiger partial charge is 0.494 e. The van der Waals surface area contributed by atoms with Gasteiger partial charge in [-0.3, -0.25) is 0 Å². The van der Waals surface area contributed by atoms with Gasteiger partial charge in [0.1, 0.15) is 5.75 Å². The van der Waals surface area contributed by atoms with E-state index in [0.29, 0.717) is 0 Å². The van der Waals surface area contributed by atoms with Crippen LogP contribution in [0.1, 0.15) is 58.3 Å². The minimum Gasteiger partial charge on any atom is -0.494 e. The van der Waals surface area contributed by atoms with Crippen molar-refractivity contribution in [3.63, 3.8) is 0 Å². The second-order valence-electron chi connectivity index (χ2n) is 6.86. The highest BCUT2D eigenvalue weighted by atomic mass is 16.5. The summed E-state index contributed by atoms with van der Waals surface area (Å²) < 4.78 is 5.93. The molecule has 0 aliphatic heterocycles. The molecule has 0 radical (unpaired) electrons. The zero-order valence-electron chi connectivity index (χ0n) is 15.3. The first kappa shape index (κ1) is 17.7. The highest BCUT2D eigenvalue weighted by Crippen LogP contribution is 2.23. The fourth-order valence-corrected chi connectivity index (χ4v) is 3.27. The first-order valence-electron chi connectivity index (χ1n) is 9.79. The summed E-state index contributed by atoms with van der Waals surface area (Å²) in [4.78, 5) is 4.75. The number of hydrogen-bond acceptors (Lipinski definition) is 2. The Balaban J connectivity index is 1.46. The molecule has 0 atom stereocenters. The van der Waals surface area contributed by atoms with Gasteiger partial charge in [-0.1, -0.05) is 70.1 Å². The Hall–Kier alpha value is -2.09.